The molecule has 4 nitrogen and oxygen atoms in total. The van der Waals surface area contributed by atoms with Gasteiger partial charge in [0, 0.05) is 18.1 Å². The van der Waals surface area contributed by atoms with Gasteiger partial charge in [0.2, 0.25) is 0 Å². The number of ether oxygens (including phenoxy) is 1. The Kier molecular flexibility index (Phi) is 4.47. The maximum Gasteiger partial charge on any atom is 0.322 e. The zero-order valence-corrected chi connectivity index (χ0v) is 11.2. The molecule has 2 rings (SSSR count). The smallest absolute Gasteiger partial charge is 0.322 e. The number of fused-ring (bicyclic) bond motifs is 1. The fourth-order valence-corrected chi connectivity index (χ4v) is 1.92. The second kappa shape index (κ2) is 6.29. The van der Waals surface area contributed by atoms with Crippen molar-refractivity contribution < 1.29 is 9.53 Å². The maximum absolute atomic E-state index is 11.5. The van der Waals surface area contributed by atoms with Crippen LogP contribution in [-0.2, 0) is 16.1 Å². The number of rotatable bonds is 5. The molecule has 0 saturated carbocycles. The summed E-state index contributed by atoms with van der Waals surface area (Å²) in [6, 6.07) is 9.62. The van der Waals surface area contributed by atoms with E-state index in [-0.39, 0.29) is 12.0 Å². The van der Waals surface area contributed by atoms with Gasteiger partial charge in [0.1, 0.15) is 6.04 Å². The summed E-state index contributed by atoms with van der Waals surface area (Å²) in [5, 5.41) is 4.28. The average molecular weight is 258 g/mol. The standard InChI is InChI=1S/C15H18N2O2/c1-3-19-15(18)11(2)17-10-12-8-9-16-14-7-5-4-6-13(12)14/h4-9,11,17H,3,10H2,1-2H3. The minimum atomic E-state index is -0.313. The van der Waals surface area contributed by atoms with Crippen LogP contribution in [0, 0.1) is 0 Å². The van der Waals surface area contributed by atoms with Crippen LogP contribution in [0.2, 0.25) is 0 Å². The summed E-state index contributed by atoms with van der Waals surface area (Å²) in [5.74, 6) is -0.221. The van der Waals surface area contributed by atoms with Gasteiger partial charge in [-0.3, -0.25) is 9.78 Å². The highest BCUT2D eigenvalue weighted by molar-refractivity contribution is 5.82. The van der Waals surface area contributed by atoms with E-state index < -0.39 is 0 Å². The summed E-state index contributed by atoms with van der Waals surface area (Å²) in [6.07, 6.45) is 1.79. The van der Waals surface area contributed by atoms with E-state index in [1.54, 1.807) is 20.0 Å². The molecule has 1 atom stereocenters. The van der Waals surface area contributed by atoms with Gasteiger partial charge in [0.25, 0.3) is 0 Å². The lowest BCUT2D eigenvalue weighted by Crippen LogP contribution is -2.34. The molecule has 0 amide bonds. The van der Waals surface area contributed by atoms with Crippen molar-refractivity contribution in [1.82, 2.24) is 10.3 Å². The predicted molar refractivity (Wildman–Crippen MR) is 74.7 cm³/mol. The average Bonchev–Trinajstić information content (AvgIpc) is 2.45. The lowest BCUT2D eigenvalue weighted by Gasteiger charge is -2.13. The normalized spacial score (nSPS) is 12.3. The van der Waals surface area contributed by atoms with Crippen LogP contribution in [0.25, 0.3) is 10.9 Å². The van der Waals surface area contributed by atoms with Crippen molar-refractivity contribution in [2.45, 2.75) is 26.4 Å². The van der Waals surface area contributed by atoms with Crippen molar-refractivity contribution in [3.8, 4) is 0 Å². The Morgan fingerprint density at radius 1 is 1.37 bits per heavy atom. The van der Waals surface area contributed by atoms with Crippen LogP contribution < -0.4 is 5.32 Å². The zero-order valence-electron chi connectivity index (χ0n) is 11.2. The molecule has 4 heteroatoms. The molecular weight excluding hydrogens is 240 g/mol. The summed E-state index contributed by atoms with van der Waals surface area (Å²) < 4.78 is 4.97. The van der Waals surface area contributed by atoms with E-state index in [0.717, 1.165) is 16.5 Å². The molecule has 0 bridgehead atoms. The highest BCUT2D eigenvalue weighted by atomic mass is 16.5. The van der Waals surface area contributed by atoms with Gasteiger partial charge < -0.3 is 10.1 Å². The monoisotopic (exact) mass is 258 g/mol. The number of carbonyl (C=O) groups is 1. The molecule has 1 aromatic carbocycles. The maximum atomic E-state index is 11.5. The number of hydrogen-bond acceptors (Lipinski definition) is 4. The second-order valence-electron chi connectivity index (χ2n) is 4.34. The van der Waals surface area contributed by atoms with E-state index in [2.05, 4.69) is 10.3 Å². The number of nitrogens with one attached hydrogen (secondary N) is 1. The summed E-state index contributed by atoms with van der Waals surface area (Å²) in [7, 11) is 0. The predicted octanol–water partition coefficient (Wildman–Crippen LogP) is 2.28. The number of carbonyl (C=O) groups excluding carboxylic acids is 1. The van der Waals surface area contributed by atoms with Gasteiger partial charge in [-0.15, -0.1) is 0 Å². The molecule has 1 N–H and O–H groups in total. The van der Waals surface area contributed by atoms with Gasteiger partial charge in [-0.1, -0.05) is 18.2 Å². The van der Waals surface area contributed by atoms with Crippen molar-refractivity contribution in [3.05, 3.63) is 42.1 Å². The molecule has 100 valence electrons. The number of aromatic nitrogens is 1. The summed E-state index contributed by atoms with van der Waals surface area (Å²) in [5.41, 5.74) is 2.09. The number of pyridine rings is 1. The Morgan fingerprint density at radius 3 is 2.95 bits per heavy atom. The molecule has 0 fully saturated rings. The fraction of sp³-hybridized carbons (Fsp3) is 0.333. The minimum absolute atomic E-state index is 0.221. The van der Waals surface area contributed by atoms with Crippen molar-refractivity contribution in [2.75, 3.05) is 6.61 Å². The molecule has 1 heterocycles. The first-order valence-corrected chi connectivity index (χ1v) is 6.45. The Balaban J connectivity index is 2.08. The highest BCUT2D eigenvalue weighted by Crippen LogP contribution is 2.15. The molecule has 1 unspecified atom stereocenters. The van der Waals surface area contributed by atoms with Crippen LogP contribution in [0.1, 0.15) is 19.4 Å². The van der Waals surface area contributed by atoms with Crippen LogP contribution in [-0.4, -0.2) is 23.6 Å². The highest BCUT2D eigenvalue weighted by Gasteiger charge is 2.13. The second-order valence-corrected chi connectivity index (χ2v) is 4.34. The molecule has 1 aromatic heterocycles. The molecule has 2 aromatic rings. The van der Waals surface area contributed by atoms with E-state index in [4.69, 9.17) is 4.74 Å². The Morgan fingerprint density at radius 2 is 2.16 bits per heavy atom. The van der Waals surface area contributed by atoms with Gasteiger partial charge >= 0.3 is 5.97 Å². The first-order valence-electron chi connectivity index (χ1n) is 6.45. The van der Waals surface area contributed by atoms with Gasteiger partial charge in [-0.25, -0.2) is 0 Å². The van der Waals surface area contributed by atoms with Crippen LogP contribution >= 0.6 is 0 Å². The van der Waals surface area contributed by atoms with Gasteiger partial charge in [-0.05, 0) is 31.5 Å². The summed E-state index contributed by atoms with van der Waals surface area (Å²) >= 11 is 0. The third-order valence-electron chi connectivity index (χ3n) is 2.98. The Labute approximate surface area is 112 Å². The zero-order chi connectivity index (χ0) is 13.7. The van der Waals surface area contributed by atoms with Crippen molar-refractivity contribution >= 4 is 16.9 Å². The molecule has 0 spiro atoms. The largest absolute Gasteiger partial charge is 0.465 e. The third kappa shape index (κ3) is 3.29. The van der Waals surface area contributed by atoms with Crippen LogP contribution in [0.4, 0.5) is 0 Å². The third-order valence-corrected chi connectivity index (χ3v) is 2.98. The summed E-state index contributed by atoms with van der Waals surface area (Å²) in [6.45, 7) is 4.63. The van der Waals surface area contributed by atoms with Gasteiger partial charge in [-0.2, -0.15) is 0 Å². The SMILES string of the molecule is CCOC(=O)C(C)NCc1ccnc2ccccc12. The lowest BCUT2D eigenvalue weighted by atomic mass is 10.1. The number of esters is 1. The van der Waals surface area contributed by atoms with E-state index in [1.807, 2.05) is 30.3 Å². The first-order chi connectivity index (χ1) is 9.22. The van der Waals surface area contributed by atoms with E-state index in [1.165, 1.54) is 0 Å². The molecular formula is C15H18N2O2. The Bertz CT molecular complexity index is 564. The van der Waals surface area contributed by atoms with Crippen molar-refractivity contribution in [2.24, 2.45) is 0 Å². The van der Waals surface area contributed by atoms with Crippen LogP contribution in [0.5, 0.6) is 0 Å². The molecule has 19 heavy (non-hydrogen) atoms. The number of nitrogens with zero attached hydrogens (tertiary/aromatic N) is 1. The first kappa shape index (κ1) is 13.5. The van der Waals surface area contributed by atoms with E-state index in [0.29, 0.717) is 13.2 Å². The van der Waals surface area contributed by atoms with Crippen LogP contribution in [0.15, 0.2) is 36.5 Å². The fourth-order valence-electron chi connectivity index (χ4n) is 1.92. The van der Waals surface area contributed by atoms with E-state index in [9.17, 15) is 4.79 Å². The van der Waals surface area contributed by atoms with E-state index >= 15 is 0 Å². The number of hydrogen-bond donors (Lipinski definition) is 1. The Hall–Kier alpha value is -1.94. The van der Waals surface area contributed by atoms with Crippen LogP contribution in [0.3, 0.4) is 0 Å². The molecule has 0 radical (unpaired) electrons. The molecule has 0 aliphatic heterocycles. The van der Waals surface area contributed by atoms with Gasteiger partial charge in [0.05, 0.1) is 12.1 Å². The molecule has 0 aliphatic carbocycles. The topological polar surface area (TPSA) is 51.2 Å². The van der Waals surface area contributed by atoms with Crippen molar-refractivity contribution in [1.29, 1.82) is 0 Å². The lowest BCUT2D eigenvalue weighted by molar-refractivity contribution is -0.145. The number of para-hydroxylation sites is 1. The quantitative estimate of drug-likeness (QED) is 0.836. The molecule has 0 aliphatic rings. The summed E-state index contributed by atoms with van der Waals surface area (Å²) in [4.78, 5) is 15.8. The van der Waals surface area contributed by atoms with Gasteiger partial charge in [0.15, 0.2) is 0 Å². The minimum Gasteiger partial charge on any atom is -0.465 e. The molecule has 0 saturated heterocycles. The number of benzene rings is 1. The van der Waals surface area contributed by atoms with Crippen molar-refractivity contribution in [3.63, 3.8) is 0 Å².